The van der Waals surface area contributed by atoms with E-state index in [0.29, 0.717) is 11.1 Å². The quantitative estimate of drug-likeness (QED) is 0.576. The van der Waals surface area contributed by atoms with E-state index in [-0.39, 0.29) is 31.3 Å². The van der Waals surface area contributed by atoms with E-state index in [1.54, 1.807) is 29.3 Å². The fourth-order valence-electron chi connectivity index (χ4n) is 4.22. The number of aromatic nitrogens is 1. The second-order valence-corrected chi connectivity index (χ2v) is 7.73. The molecule has 3 aromatic rings. The van der Waals surface area contributed by atoms with Gasteiger partial charge in [-0.05, 0) is 29.8 Å². The molecule has 5 rings (SSSR count). The van der Waals surface area contributed by atoms with Gasteiger partial charge < -0.3 is 14.7 Å². The summed E-state index contributed by atoms with van der Waals surface area (Å²) in [6, 6.07) is 10.6. The van der Waals surface area contributed by atoms with Crippen LogP contribution in [0.15, 0.2) is 71.7 Å². The van der Waals surface area contributed by atoms with Crippen LogP contribution in [0, 0.1) is 11.6 Å². The molecular formula is C24H19F2N3O4. The van der Waals surface area contributed by atoms with Crippen LogP contribution in [0.25, 0.3) is 0 Å². The molecule has 168 valence electrons. The van der Waals surface area contributed by atoms with Crippen molar-refractivity contribution >= 4 is 5.91 Å². The first-order chi connectivity index (χ1) is 16.0. The van der Waals surface area contributed by atoms with Crippen LogP contribution >= 0.6 is 0 Å². The van der Waals surface area contributed by atoms with E-state index in [4.69, 9.17) is 4.74 Å². The number of hydrogen-bond acceptors (Lipinski definition) is 5. The monoisotopic (exact) mass is 451 g/mol. The highest BCUT2D eigenvalue weighted by Gasteiger charge is 2.37. The highest BCUT2D eigenvalue weighted by Crippen LogP contribution is 2.38. The SMILES string of the molecule is O=C1c2c(O)c(=O)ccn2N2CN1C/C=C\COc1c(F)cccc1[C@@H]2c1cccc(F)c1. The van der Waals surface area contributed by atoms with Crippen molar-refractivity contribution in [2.75, 3.05) is 24.8 Å². The molecule has 1 amide bonds. The molecule has 0 aliphatic carbocycles. The van der Waals surface area contributed by atoms with E-state index < -0.39 is 34.8 Å². The molecule has 0 saturated heterocycles. The van der Waals surface area contributed by atoms with Crippen LogP contribution in [0.2, 0.25) is 0 Å². The maximum atomic E-state index is 14.9. The number of aromatic hydroxyl groups is 1. The molecular weight excluding hydrogens is 432 g/mol. The summed E-state index contributed by atoms with van der Waals surface area (Å²) in [5.74, 6) is -2.31. The number of hydrogen-bond donors (Lipinski definition) is 1. The summed E-state index contributed by atoms with van der Waals surface area (Å²) < 4.78 is 36.3. The van der Waals surface area contributed by atoms with Gasteiger partial charge in [-0.15, -0.1) is 0 Å². The van der Waals surface area contributed by atoms with Gasteiger partial charge in [0, 0.05) is 24.4 Å². The van der Waals surface area contributed by atoms with E-state index in [0.717, 1.165) is 6.07 Å². The molecule has 1 aromatic heterocycles. The predicted octanol–water partition coefficient (Wildman–Crippen LogP) is 2.92. The molecule has 0 radical (unpaired) electrons. The number of amides is 1. The Hall–Kier alpha value is -4.14. The molecule has 9 heteroatoms. The third-order valence-electron chi connectivity index (χ3n) is 5.71. The molecule has 0 fully saturated rings. The lowest BCUT2D eigenvalue weighted by molar-refractivity contribution is 0.0701. The first kappa shape index (κ1) is 20.7. The van der Waals surface area contributed by atoms with Gasteiger partial charge in [0.2, 0.25) is 5.43 Å². The van der Waals surface area contributed by atoms with E-state index >= 15 is 0 Å². The first-order valence-electron chi connectivity index (χ1n) is 10.3. The molecule has 33 heavy (non-hydrogen) atoms. The largest absolute Gasteiger partial charge is 0.502 e. The fourth-order valence-corrected chi connectivity index (χ4v) is 4.22. The van der Waals surface area contributed by atoms with Crippen LogP contribution in [0.5, 0.6) is 11.5 Å². The van der Waals surface area contributed by atoms with Crippen LogP contribution in [0.3, 0.4) is 0 Å². The molecule has 2 bridgehead atoms. The van der Waals surface area contributed by atoms with E-state index in [9.17, 15) is 23.5 Å². The number of rotatable bonds is 1. The highest BCUT2D eigenvalue weighted by molar-refractivity contribution is 5.96. The Kier molecular flexibility index (Phi) is 5.08. The van der Waals surface area contributed by atoms with Crippen molar-refractivity contribution in [2.24, 2.45) is 0 Å². The summed E-state index contributed by atoms with van der Waals surface area (Å²) in [7, 11) is 0. The summed E-state index contributed by atoms with van der Waals surface area (Å²) in [5.41, 5.74) is -0.0551. The molecule has 0 spiro atoms. The number of carbonyl (C=O) groups is 1. The summed E-state index contributed by atoms with van der Waals surface area (Å²) in [6.07, 6.45) is 4.71. The minimum atomic E-state index is -0.819. The Balaban J connectivity index is 1.83. The molecule has 3 heterocycles. The Morgan fingerprint density at radius 3 is 2.67 bits per heavy atom. The smallest absolute Gasteiger partial charge is 0.278 e. The third kappa shape index (κ3) is 3.51. The van der Waals surface area contributed by atoms with Gasteiger partial charge in [0.15, 0.2) is 23.0 Å². The lowest BCUT2D eigenvalue weighted by Gasteiger charge is -2.43. The summed E-state index contributed by atoms with van der Waals surface area (Å²) in [5, 5.41) is 12.1. The van der Waals surface area contributed by atoms with Crippen molar-refractivity contribution in [3.8, 4) is 11.5 Å². The Morgan fingerprint density at radius 2 is 1.85 bits per heavy atom. The average molecular weight is 451 g/mol. The zero-order valence-electron chi connectivity index (χ0n) is 17.3. The molecule has 2 aliphatic heterocycles. The van der Waals surface area contributed by atoms with Gasteiger partial charge >= 0.3 is 0 Å². The van der Waals surface area contributed by atoms with Gasteiger partial charge in [-0.3, -0.25) is 19.3 Å². The van der Waals surface area contributed by atoms with Crippen LogP contribution in [-0.4, -0.2) is 40.4 Å². The minimum absolute atomic E-state index is 0.00595. The Morgan fingerprint density at radius 1 is 1.03 bits per heavy atom. The second kappa shape index (κ2) is 8.09. The summed E-state index contributed by atoms with van der Waals surface area (Å²) in [4.78, 5) is 26.7. The zero-order valence-corrected chi connectivity index (χ0v) is 17.3. The van der Waals surface area contributed by atoms with Crippen molar-refractivity contribution in [1.29, 1.82) is 0 Å². The maximum absolute atomic E-state index is 14.9. The Bertz CT molecular complexity index is 1340. The minimum Gasteiger partial charge on any atom is -0.502 e. The number of para-hydroxylation sites is 1. The van der Waals surface area contributed by atoms with Crippen LogP contribution in [0.4, 0.5) is 8.78 Å². The second-order valence-electron chi connectivity index (χ2n) is 7.73. The van der Waals surface area contributed by atoms with Gasteiger partial charge in [-0.1, -0.05) is 30.3 Å². The number of benzene rings is 2. The van der Waals surface area contributed by atoms with Crippen LogP contribution in [0.1, 0.15) is 27.7 Å². The van der Waals surface area contributed by atoms with Gasteiger partial charge in [0.1, 0.15) is 25.1 Å². The van der Waals surface area contributed by atoms with Gasteiger partial charge in [0.25, 0.3) is 5.91 Å². The number of nitrogens with zero attached hydrogens (tertiary/aromatic N) is 3. The van der Waals surface area contributed by atoms with Crippen molar-refractivity contribution in [3.05, 3.63) is 106 Å². The standard InChI is InChI=1S/C24H19F2N3O4/c25-16-6-3-5-15(13-16)20-17-7-4-8-18(26)23(17)33-12-2-1-10-27-14-29(20)28-11-9-19(30)22(31)21(28)24(27)32/h1-9,11,13,20,31H,10,12,14H2/b2-1-/t20-/m0/s1. The molecule has 2 aromatic carbocycles. The molecule has 7 nitrogen and oxygen atoms in total. The molecule has 0 unspecified atom stereocenters. The lowest BCUT2D eigenvalue weighted by atomic mass is 9.96. The molecule has 0 saturated carbocycles. The number of fused-ring (bicyclic) bond motifs is 5. The van der Waals surface area contributed by atoms with Crippen molar-refractivity contribution in [3.63, 3.8) is 0 Å². The van der Waals surface area contributed by atoms with Gasteiger partial charge in [-0.2, -0.15) is 0 Å². The maximum Gasteiger partial charge on any atom is 0.278 e. The van der Waals surface area contributed by atoms with Crippen molar-refractivity contribution in [1.82, 2.24) is 9.58 Å². The van der Waals surface area contributed by atoms with E-state index in [1.165, 1.54) is 46.1 Å². The number of ether oxygens (including phenoxy) is 1. The van der Waals surface area contributed by atoms with E-state index in [1.807, 2.05) is 0 Å². The zero-order chi connectivity index (χ0) is 23.1. The van der Waals surface area contributed by atoms with Crippen LogP contribution < -0.4 is 15.2 Å². The lowest BCUT2D eigenvalue weighted by Crippen LogP contribution is -2.55. The van der Waals surface area contributed by atoms with Crippen molar-refractivity contribution < 1.29 is 23.4 Å². The molecule has 1 N–H and O–H groups in total. The number of pyridine rings is 1. The van der Waals surface area contributed by atoms with Crippen LogP contribution in [-0.2, 0) is 0 Å². The van der Waals surface area contributed by atoms with Gasteiger partial charge in [0.05, 0.1) is 0 Å². The Labute approximate surface area is 187 Å². The molecule has 1 atom stereocenters. The third-order valence-corrected chi connectivity index (χ3v) is 5.71. The van der Waals surface area contributed by atoms with Crippen molar-refractivity contribution in [2.45, 2.75) is 6.04 Å². The molecule has 2 aliphatic rings. The normalized spacial score (nSPS) is 18.6. The highest BCUT2D eigenvalue weighted by atomic mass is 19.1. The van der Waals surface area contributed by atoms with E-state index in [2.05, 4.69) is 0 Å². The summed E-state index contributed by atoms with van der Waals surface area (Å²) in [6.45, 7) is 0.243. The fraction of sp³-hybridized carbons (Fsp3) is 0.167. The summed E-state index contributed by atoms with van der Waals surface area (Å²) >= 11 is 0. The topological polar surface area (TPSA) is 75.0 Å². The van der Waals surface area contributed by atoms with Gasteiger partial charge in [-0.25, -0.2) is 8.78 Å². The first-order valence-corrected chi connectivity index (χ1v) is 10.3. The predicted molar refractivity (Wildman–Crippen MR) is 116 cm³/mol. The average Bonchev–Trinajstić information content (AvgIpc) is 2.82. The number of halogens is 2. The number of carbonyl (C=O) groups excluding carboxylic acids is 1.